The van der Waals surface area contributed by atoms with Crippen molar-refractivity contribution in [1.82, 2.24) is 19.2 Å². The van der Waals surface area contributed by atoms with E-state index in [9.17, 15) is 9.59 Å². The van der Waals surface area contributed by atoms with E-state index in [0.717, 1.165) is 5.56 Å². The summed E-state index contributed by atoms with van der Waals surface area (Å²) in [6.45, 7) is 0.680. The lowest BCUT2D eigenvalue weighted by Gasteiger charge is -2.31. The number of thiazole rings is 1. The molecule has 0 saturated carbocycles. The van der Waals surface area contributed by atoms with Gasteiger partial charge in [0.05, 0.1) is 6.04 Å². The molecule has 1 atom stereocenters. The Morgan fingerprint density at radius 3 is 2.64 bits per heavy atom. The number of amides is 1. The number of rotatable bonds is 5. The molecular formula is C18H20N4O2S. The third-order valence-electron chi connectivity index (χ3n) is 4.04. The highest BCUT2D eigenvalue weighted by atomic mass is 32.1. The number of nitrogens with zero attached hydrogens (tertiary/aromatic N) is 4. The Bertz CT molecular complexity index is 933. The fourth-order valence-corrected chi connectivity index (χ4v) is 3.53. The van der Waals surface area contributed by atoms with E-state index in [-0.39, 0.29) is 11.9 Å². The number of likely N-dealkylation sites (N-methyl/N-ethyl adjacent to an activating group) is 2. The Hall–Kier alpha value is -2.51. The molecule has 0 aliphatic rings. The van der Waals surface area contributed by atoms with Gasteiger partial charge in [0, 0.05) is 31.2 Å². The van der Waals surface area contributed by atoms with Crippen molar-refractivity contribution in [3.63, 3.8) is 0 Å². The van der Waals surface area contributed by atoms with Gasteiger partial charge in [-0.25, -0.2) is 0 Å². The number of benzene rings is 1. The molecule has 2 heterocycles. The summed E-state index contributed by atoms with van der Waals surface area (Å²) < 4.78 is 1.67. The third kappa shape index (κ3) is 3.62. The molecule has 25 heavy (non-hydrogen) atoms. The molecule has 0 saturated heterocycles. The van der Waals surface area contributed by atoms with E-state index in [4.69, 9.17) is 0 Å². The predicted molar refractivity (Wildman–Crippen MR) is 99.2 cm³/mol. The second-order valence-corrected chi connectivity index (χ2v) is 7.01. The predicted octanol–water partition coefficient (Wildman–Crippen LogP) is 2.13. The molecule has 0 aliphatic heterocycles. The van der Waals surface area contributed by atoms with Gasteiger partial charge in [0.25, 0.3) is 11.5 Å². The molecule has 0 aliphatic carbocycles. The maximum Gasteiger partial charge on any atom is 0.274 e. The molecule has 0 N–H and O–H groups in total. The summed E-state index contributed by atoms with van der Waals surface area (Å²) in [5.41, 5.74) is 0.983. The molecule has 2 aromatic heterocycles. The maximum atomic E-state index is 13.1. The lowest BCUT2D eigenvalue weighted by Crippen LogP contribution is -2.38. The zero-order valence-electron chi connectivity index (χ0n) is 14.4. The van der Waals surface area contributed by atoms with Crippen molar-refractivity contribution in [3.8, 4) is 0 Å². The molecule has 1 unspecified atom stereocenters. The van der Waals surface area contributed by atoms with Crippen LogP contribution in [0.4, 0.5) is 0 Å². The zero-order chi connectivity index (χ0) is 18.0. The summed E-state index contributed by atoms with van der Waals surface area (Å²) in [5.74, 6) is -0.205. The summed E-state index contributed by atoms with van der Waals surface area (Å²) in [7, 11) is 5.72. The summed E-state index contributed by atoms with van der Waals surface area (Å²) >= 11 is 1.33. The van der Waals surface area contributed by atoms with Crippen molar-refractivity contribution in [2.75, 3.05) is 27.7 Å². The van der Waals surface area contributed by atoms with Crippen LogP contribution in [-0.2, 0) is 0 Å². The summed E-state index contributed by atoms with van der Waals surface area (Å²) in [4.78, 5) is 33.2. The minimum atomic E-state index is -0.400. The molecule has 1 amide bonds. The van der Waals surface area contributed by atoms with Crippen molar-refractivity contribution in [1.29, 1.82) is 0 Å². The first-order valence-electron chi connectivity index (χ1n) is 7.91. The number of hydrogen-bond donors (Lipinski definition) is 0. The first kappa shape index (κ1) is 17.3. The average Bonchev–Trinajstić information content (AvgIpc) is 3.06. The van der Waals surface area contributed by atoms with Crippen molar-refractivity contribution in [3.05, 3.63) is 69.6 Å². The lowest BCUT2D eigenvalue weighted by molar-refractivity contribution is 0.0697. The molecule has 130 valence electrons. The maximum absolute atomic E-state index is 13.1. The van der Waals surface area contributed by atoms with Crippen LogP contribution in [-0.4, -0.2) is 52.8 Å². The molecule has 7 heteroatoms. The minimum absolute atomic E-state index is 0.124. The fraction of sp³-hybridized carbons (Fsp3) is 0.278. The quantitative estimate of drug-likeness (QED) is 0.703. The monoisotopic (exact) mass is 356 g/mol. The van der Waals surface area contributed by atoms with Crippen molar-refractivity contribution < 1.29 is 4.79 Å². The van der Waals surface area contributed by atoms with E-state index >= 15 is 0 Å². The van der Waals surface area contributed by atoms with E-state index in [1.807, 2.05) is 54.7 Å². The topological polar surface area (TPSA) is 57.9 Å². The van der Waals surface area contributed by atoms with Crippen molar-refractivity contribution >= 4 is 22.2 Å². The van der Waals surface area contributed by atoms with Gasteiger partial charge >= 0.3 is 0 Å². The van der Waals surface area contributed by atoms with E-state index in [1.165, 1.54) is 17.4 Å². The van der Waals surface area contributed by atoms with Gasteiger partial charge in [0.15, 0.2) is 4.96 Å². The van der Waals surface area contributed by atoms with Crippen LogP contribution in [0, 0.1) is 0 Å². The van der Waals surface area contributed by atoms with Crippen molar-refractivity contribution in [2.24, 2.45) is 0 Å². The van der Waals surface area contributed by atoms with Crippen LogP contribution < -0.4 is 5.56 Å². The van der Waals surface area contributed by atoms with Crippen LogP contribution in [0.25, 0.3) is 4.96 Å². The zero-order valence-corrected chi connectivity index (χ0v) is 15.2. The fourth-order valence-electron chi connectivity index (χ4n) is 2.81. The molecule has 1 aromatic carbocycles. The smallest absolute Gasteiger partial charge is 0.274 e. The molecule has 3 rings (SSSR count). The van der Waals surface area contributed by atoms with E-state index in [0.29, 0.717) is 17.2 Å². The summed E-state index contributed by atoms with van der Waals surface area (Å²) in [6, 6.07) is 11.1. The number of carbonyl (C=O) groups is 1. The Balaban J connectivity index is 2.01. The van der Waals surface area contributed by atoms with Gasteiger partial charge in [0.1, 0.15) is 5.69 Å². The Morgan fingerprint density at radius 1 is 1.24 bits per heavy atom. The largest absolute Gasteiger partial charge is 0.332 e. The molecule has 0 fully saturated rings. The SMILES string of the molecule is CN(C)CC(c1ccccc1)N(C)C(=O)c1cc(=O)nc2sccn12. The Morgan fingerprint density at radius 2 is 1.96 bits per heavy atom. The van der Waals surface area contributed by atoms with Gasteiger partial charge in [-0.1, -0.05) is 30.3 Å². The van der Waals surface area contributed by atoms with Gasteiger partial charge in [0.2, 0.25) is 0 Å². The highest BCUT2D eigenvalue weighted by Crippen LogP contribution is 2.22. The van der Waals surface area contributed by atoms with Gasteiger partial charge in [-0.15, -0.1) is 11.3 Å². The number of hydrogen-bond acceptors (Lipinski definition) is 5. The standard InChI is InChI=1S/C18H20N4O2S/c1-20(2)12-15(13-7-5-4-6-8-13)21(3)17(24)14-11-16(23)19-18-22(14)9-10-25-18/h4-11,15H,12H2,1-3H3. The van der Waals surface area contributed by atoms with Gasteiger partial charge in [-0.2, -0.15) is 4.98 Å². The minimum Gasteiger partial charge on any atom is -0.332 e. The third-order valence-corrected chi connectivity index (χ3v) is 4.80. The van der Waals surface area contributed by atoms with E-state index in [2.05, 4.69) is 4.98 Å². The molecule has 0 radical (unpaired) electrons. The van der Waals surface area contributed by atoms with Crippen LogP contribution in [0.1, 0.15) is 22.1 Å². The van der Waals surface area contributed by atoms with Crippen LogP contribution in [0.15, 0.2) is 52.8 Å². The molecular weight excluding hydrogens is 336 g/mol. The number of carbonyl (C=O) groups excluding carboxylic acids is 1. The van der Waals surface area contributed by atoms with E-state index in [1.54, 1.807) is 22.5 Å². The van der Waals surface area contributed by atoms with Crippen LogP contribution in [0.2, 0.25) is 0 Å². The number of fused-ring (bicyclic) bond motifs is 1. The number of aromatic nitrogens is 2. The van der Waals surface area contributed by atoms with Gasteiger partial charge < -0.3 is 9.80 Å². The Kier molecular flexibility index (Phi) is 4.96. The Labute approximate surface area is 150 Å². The highest BCUT2D eigenvalue weighted by Gasteiger charge is 2.25. The van der Waals surface area contributed by atoms with Crippen molar-refractivity contribution in [2.45, 2.75) is 6.04 Å². The average molecular weight is 356 g/mol. The first-order chi connectivity index (χ1) is 12.0. The molecule has 6 nitrogen and oxygen atoms in total. The van der Waals surface area contributed by atoms with Gasteiger partial charge in [-0.05, 0) is 19.7 Å². The molecule has 0 spiro atoms. The lowest BCUT2D eigenvalue weighted by atomic mass is 10.0. The second-order valence-electron chi connectivity index (χ2n) is 6.14. The van der Waals surface area contributed by atoms with Gasteiger partial charge in [-0.3, -0.25) is 14.0 Å². The molecule has 3 aromatic rings. The van der Waals surface area contributed by atoms with Crippen LogP contribution >= 0.6 is 11.3 Å². The van der Waals surface area contributed by atoms with E-state index < -0.39 is 5.56 Å². The normalized spacial score (nSPS) is 12.5. The highest BCUT2D eigenvalue weighted by molar-refractivity contribution is 7.15. The second kappa shape index (κ2) is 7.16. The summed E-state index contributed by atoms with van der Waals surface area (Å²) in [6.07, 6.45) is 1.76. The van der Waals surface area contributed by atoms with Crippen LogP contribution in [0.5, 0.6) is 0 Å². The first-order valence-corrected chi connectivity index (χ1v) is 8.79. The molecule has 0 bridgehead atoms. The van der Waals surface area contributed by atoms with Crippen LogP contribution in [0.3, 0.4) is 0 Å². The summed E-state index contributed by atoms with van der Waals surface area (Å²) in [5, 5.41) is 1.81.